The van der Waals surface area contributed by atoms with E-state index in [9.17, 15) is 13.3 Å². The van der Waals surface area contributed by atoms with Gasteiger partial charge in [0.2, 0.25) is 0 Å². The van der Waals surface area contributed by atoms with Crippen LogP contribution >= 0.6 is 7.34 Å². The van der Waals surface area contributed by atoms with Crippen molar-refractivity contribution in [3.05, 3.63) is 0 Å². The second-order valence-corrected chi connectivity index (χ2v) is 7.84. The summed E-state index contributed by atoms with van der Waals surface area (Å²) in [4.78, 5) is 9.42. The Labute approximate surface area is 73.6 Å². The SMILES string of the molecule is C=P(O)(CS(C)(=O)=O)OC(C)C. The van der Waals surface area contributed by atoms with E-state index >= 15 is 0 Å². The minimum Gasteiger partial charge on any atom is -0.353 e. The van der Waals surface area contributed by atoms with Crippen molar-refractivity contribution >= 4 is 23.5 Å². The van der Waals surface area contributed by atoms with E-state index in [1.807, 2.05) is 0 Å². The molecule has 1 N–H and O–H groups in total. The standard InChI is InChI=1S/C6H15O4PS/c1-6(2)10-11(3,7)5-12(4,8)9/h6-7H,3,5H2,1-2,4H3. The molecular formula is C6H15O4PS. The molecule has 0 aliphatic heterocycles. The summed E-state index contributed by atoms with van der Waals surface area (Å²) in [6.07, 6.45) is 4.20. The van der Waals surface area contributed by atoms with Gasteiger partial charge in [0.05, 0.1) is 6.10 Å². The molecule has 0 aromatic carbocycles. The second-order valence-electron chi connectivity index (χ2n) is 3.06. The van der Waals surface area contributed by atoms with Gasteiger partial charge in [0.15, 0.2) is 9.84 Å². The average Bonchev–Trinajstić information content (AvgIpc) is 1.48. The maximum absolute atomic E-state index is 10.8. The van der Waals surface area contributed by atoms with Gasteiger partial charge in [-0.3, -0.25) is 0 Å². The third kappa shape index (κ3) is 6.85. The molecule has 74 valence electrons. The molecule has 1 unspecified atom stereocenters. The third-order valence-electron chi connectivity index (χ3n) is 0.843. The fourth-order valence-corrected chi connectivity index (χ4v) is 4.75. The molecule has 0 fully saturated rings. The summed E-state index contributed by atoms with van der Waals surface area (Å²) < 4.78 is 26.5. The Kier molecular flexibility index (Phi) is 3.97. The molecule has 4 nitrogen and oxygen atoms in total. The molecule has 0 amide bonds. The van der Waals surface area contributed by atoms with Crippen molar-refractivity contribution in [1.29, 1.82) is 0 Å². The minimum atomic E-state index is -3.22. The number of hydrogen-bond donors (Lipinski definition) is 1. The van der Waals surface area contributed by atoms with Crippen LogP contribution in [0.2, 0.25) is 0 Å². The second kappa shape index (κ2) is 3.92. The molecule has 0 heterocycles. The van der Waals surface area contributed by atoms with E-state index in [0.717, 1.165) is 6.26 Å². The first kappa shape index (κ1) is 12.2. The first-order valence-electron chi connectivity index (χ1n) is 3.44. The van der Waals surface area contributed by atoms with E-state index in [1.165, 1.54) is 0 Å². The summed E-state index contributed by atoms with van der Waals surface area (Å²) in [6, 6.07) is 0. The highest BCUT2D eigenvalue weighted by Crippen LogP contribution is 2.43. The molecule has 6 heteroatoms. The molecule has 0 aromatic rings. The summed E-state index contributed by atoms with van der Waals surface area (Å²) in [5.74, 6) is 0. The smallest absolute Gasteiger partial charge is 0.155 e. The molecule has 1 atom stereocenters. The molecule has 0 spiro atoms. The van der Waals surface area contributed by atoms with Gasteiger partial charge in [-0.05, 0) is 13.8 Å². The van der Waals surface area contributed by atoms with Crippen LogP contribution in [-0.2, 0) is 14.4 Å². The summed E-state index contributed by atoms with van der Waals surface area (Å²) in [7, 11) is -6.17. The van der Waals surface area contributed by atoms with E-state index in [4.69, 9.17) is 4.52 Å². The Hall–Kier alpha value is 0.170. The van der Waals surface area contributed by atoms with E-state index in [-0.39, 0.29) is 11.6 Å². The van der Waals surface area contributed by atoms with Gasteiger partial charge in [-0.1, -0.05) is 6.30 Å². The summed E-state index contributed by atoms with van der Waals surface area (Å²) >= 11 is 0. The number of hydrogen-bond acceptors (Lipinski definition) is 4. The van der Waals surface area contributed by atoms with E-state index in [1.54, 1.807) is 13.8 Å². The molecule has 0 bridgehead atoms. The van der Waals surface area contributed by atoms with Crippen LogP contribution in [0.15, 0.2) is 0 Å². The summed E-state index contributed by atoms with van der Waals surface area (Å²) in [6.45, 7) is 3.44. The molecule has 0 aromatic heterocycles. The number of rotatable bonds is 4. The lowest BCUT2D eigenvalue weighted by Crippen LogP contribution is -2.09. The van der Waals surface area contributed by atoms with Crippen molar-refractivity contribution in [1.82, 2.24) is 0 Å². The predicted octanol–water partition coefficient (Wildman–Crippen LogP) is 0.685. The van der Waals surface area contributed by atoms with Crippen LogP contribution in [0.25, 0.3) is 0 Å². The van der Waals surface area contributed by atoms with Gasteiger partial charge in [-0.2, -0.15) is 0 Å². The van der Waals surface area contributed by atoms with Gasteiger partial charge < -0.3 is 9.42 Å². The lowest BCUT2D eigenvalue weighted by atomic mass is 10.5. The zero-order valence-corrected chi connectivity index (χ0v) is 9.23. The zero-order chi connectivity index (χ0) is 9.99. The van der Waals surface area contributed by atoms with Crippen LogP contribution in [0.4, 0.5) is 0 Å². The van der Waals surface area contributed by atoms with Gasteiger partial charge in [-0.15, -0.1) is 0 Å². The lowest BCUT2D eigenvalue weighted by Gasteiger charge is -2.19. The summed E-state index contributed by atoms with van der Waals surface area (Å²) in [5.41, 5.74) is -0.377. The third-order valence-corrected chi connectivity index (χ3v) is 5.15. The minimum absolute atomic E-state index is 0.206. The molecule has 0 saturated carbocycles. The Bertz CT molecular complexity index is 280. The van der Waals surface area contributed by atoms with Crippen molar-refractivity contribution in [3.63, 3.8) is 0 Å². The van der Waals surface area contributed by atoms with Crippen molar-refractivity contribution in [2.24, 2.45) is 0 Å². The van der Waals surface area contributed by atoms with E-state index < -0.39 is 17.2 Å². The fraction of sp³-hybridized carbons (Fsp3) is 0.833. The predicted molar refractivity (Wildman–Crippen MR) is 52.2 cm³/mol. The molecule has 12 heavy (non-hydrogen) atoms. The normalized spacial score (nSPS) is 17.8. The van der Waals surface area contributed by atoms with Gasteiger partial charge in [0.25, 0.3) is 0 Å². The van der Waals surface area contributed by atoms with Crippen LogP contribution in [0.5, 0.6) is 0 Å². The molecule has 0 aliphatic carbocycles. The zero-order valence-electron chi connectivity index (χ0n) is 7.52. The Morgan fingerprint density at radius 2 is 2.00 bits per heavy atom. The van der Waals surface area contributed by atoms with Crippen LogP contribution in [-0.4, -0.2) is 37.5 Å². The fourth-order valence-electron chi connectivity index (χ4n) is 0.789. The van der Waals surface area contributed by atoms with Gasteiger partial charge in [-0.25, -0.2) is 8.42 Å². The van der Waals surface area contributed by atoms with Crippen molar-refractivity contribution < 1.29 is 17.8 Å². The number of sulfone groups is 1. The van der Waals surface area contributed by atoms with Gasteiger partial charge >= 0.3 is 0 Å². The van der Waals surface area contributed by atoms with Crippen molar-refractivity contribution in [3.8, 4) is 0 Å². The van der Waals surface area contributed by atoms with Crippen molar-refractivity contribution in [2.75, 3.05) is 11.7 Å². The quantitative estimate of drug-likeness (QED) is 0.699. The molecule has 0 rings (SSSR count). The Morgan fingerprint density at radius 1 is 1.58 bits per heavy atom. The van der Waals surface area contributed by atoms with Gasteiger partial charge in [0, 0.05) is 6.26 Å². The molecule has 0 aliphatic rings. The first-order chi connectivity index (χ1) is 5.12. The van der Waals surface area contributed by atoms with Gasteiger partial charge in [0.1, 0.15) is 12.8 Å². The first-order valence-corrected chi connectivity index (χ1v) is 7.53. The Balaban J connectivity index is 4.35. The molecule has 0 radical (unpaired) electrons. The van der Waals surface area contributed by atoms with Crippen LogP contribution in [0, 0.1) is 0 Å². The lowest BCUT2D eigenvalue weighted by molar-refractivity contribution is 0.240. The average molecular weight is 214 g/mol. The van der Waals surface area contributed by atoms with Crippen LogP contribution in [0.1, 0.15) is 13.8 Å². The highest BCUT2D eigenvalue weighted by Gasteiger charge is 2.19. The maximum atomic E-state index is 10.8. The topological polar surface area (TPSA) is 63.6 Å². The van der Waals surface area contributed by atoms with Crippen LogP contribution < -0.4 is 0 Å². The monoisotopic (exact) mass is 214 g/mol. The molecule has 0 saturated heterocycles. The van der Waals surface area contributed by atoms with Crippen LogP contribution in [0.3, 0.4) is 0 Å². The van der Waals surface area contributed by atoms with Crippen molar-refractivity contribution in [2.45, 2.75) is 20.0 Å². The summed E-state index contributed by atoms with van der Waals surface area (Å²) in [5, 5.41) is 0. The molecular weight excluding hydrogens is 199 g/mol. The highest BCUT2D eigenvalue weighted by molar-refractivity contribution is 7.98. The highest BCUT2D eigenvalue weighted by atomic mass is 32.2. The van der Waals surface area contributed by atoms with E-state index in [0.29, 0.717) is 0 Å². The van der Waals surface area contributed by atoms with E-state index in [2.05, 4.69) is 6.30 Å². The largest absolute Gasteiger partial charge is 0.353 e. The Morgan fingerprint density at radius 3 is 2.25 bits per heavy atom. The maximum Gasteiger partial charge on any atom is 0.155 e.